The van der Waals surface area contributed by atoms with Crippen molar-refractivity contribution in [3.05, 3.63) is 64.3 Å². The fraction of sp³-hybridized carbons (Fsp3) is 0.394. The van der Waals surface area contributed by atoms with Gasteiger partial charge in [-0.1, -0.05) is 56.3 Å². The molecule has 1 aromatic heterocycles. The number of thioether (sulfide) groups is 1. The van der Waals surface area contributed by atoms with E-state index in [1.54, 1.807) is 12.1 Å². The van der Waals surface area contributed by atoms with Gasteiger partial charge in [-0.25, -0.2) is 9.78 Å². The lowest BCUT2D eigenvalue weighted by Gasteiger charge is -2.32. The van der Waals surface area contributed by atoms with Crippen LogP contribution in [0.1, 0.15) is 37.5 Å². The second-order valence-electron chi connectivity index (χ2n) is 10.6. The molecule has 3 aromatic rings. The van der Waals surface area contributed by atoms with Crippen LogP contribution in [0.5, 0.6) is 11.5 Å². The molecule has 2 aliphatic heterocycles. The summed E-state index contributed by atoms with van der Waals surface area (Å²) in [5, 5.41) is 16.4. The van der Waals surface area contributed by atoms with E-state index in [9.17, 15) is 14.9 Å². The van der Waals surface area contributed by atoms with Gasteiger partial charge in [0.1, 0.15) is 16.8 Å². The molecule has 3 amide bonds. The van der Waals surface area contributed by atoms with Gasteiger partial charge >= 0.3 is 6.03 Å². The average Bonchev–Trinajstić information content (AvgIpc) is 3.54. The van der Waals surface area contributed by atoms with Crippen molar-refractivity contribution in [2.75, 3.05) is 63.0 Å². The van der Waals surface area contributed by atoms with E-state index in [2.05, 4.69) is 52.5 Å². The van der Waals surface area contributed by atoms with Crippen LogP contribution in [0.3, 0.4) is 0 Å². The molecule has 0 atom stereocenters. The number of fused-ring (bicyclic) bond motifs is 2. The molecule has 46 heavy (non-hydrogen) atoms. The first-order valence-electron chi connectivity index (χ1n) is 15.3. The van der Waals surface area contributed by atoms with Crippen molar-refractivity contribution in [3.8, 4) is 17.6 Å². The number of urea groups is 1. The van der Waals surface area contributed by atoms with Gasteiger partial charge in [0.15, 0.2) is 11.5 Å². The number of rotatable bonds is 12. The second-order valence-corrected chi connectivity index (χ2v) is 11.9. The predicted molar refractivity (Wildman–Crippen MR) is 182 cm³/mol. The normalized spacial score (nSPS) is 13.1. The van der Waals surface area contributed by atoms with E-state index in [0.29, 0.717) is 33.5 Å². The number of aromatic nitrogens is 1. The van der Waals surface area contributed by atoms with Gasteiger partial charge in [0, 0.05) is 43.6 Å². The number of nitriles is 1. The van der Waals surface area contributed by atoms with Gasteiger partial charge in [0.2, 0.25) is 12.7 Å². The molecular weight excluding hydrogens is 626 g/mol. The smallest absolute Gasteiger partial charge is 0.327 e. The van der Waals surface area contributed by atoms with Crippen LogP contribution < -0.4 is 25.0 Å². The zero-order valence-electron chi connectivity index (χ0n) is 26.9. The Morgan fingerprint density at radius 2 is 1.89 bits per heavy atom. The fourth-order valence-electron chi connectivity index (χ4n) is 4.99. The third-order valence-electron chi connectivity index (χ3n) is 7.37. The quantitative estimate of drug-likeness (QED) is 0.228. The van der Waals surface area contributed by atoms with Crippen LogP contribution in [-0.2, 0) is 17.8 Å². The zero-order valence-corrected chi connectivity index (χ0v) is 28.4. The van der Waals surface area contributed by atoms with Crippen molar-refractivity contribution in [2.45, 2.75) is 38.8 Å². The average molecular weight is 666 g/mol. The molecule has 13 heteroatoms. The molecule has 11 nitrogen and oxygen atoms in total. The number of nitrogens with zero attached hydrogens (tertiary/aromatic N) is 5. The third-order valence-corrected chi connectivity index (χ3v) is 8.70. The first-order valence-corrected chi connectivity index (χ1v) is 16.6. The topological polar surface area (TPSA) is 123 Å². The van der Waals surface area contributed by atoms with Crippen molar-refractivity contribution in [2.24, 2.45) is 0 Å². The van der Waals surface area contributed by atoms with E-state index in [1.807, 2.05) is 38.1 Å². The second kappa shape index (κ2) is 16.5. The first-order chi connectivity index (χ1) is 22.3. The first kappa shape index (κ1) is 34.8. The van der Waals surface area contributed by atoms with E-state index in [1.165, 1.54) is 28.4 Å². The molecule has 0 saturated heterocycles. The van der Waals surface area contributed by atoms with E-state index < -0.39 is 6.03 Å². The zero-order chi connectivity index (χ0) is 33.2. The number of halogens is 1. The summed E-state index contributed by atoms with van der Waals surface area (Å²) < 4.78 is 11.1. The van der Waals surface area contributed by atoms with Crippen LogP contribution in [0, 0.1) is 11.3 Å². The molecule has 0 bridgehead atoms. The van der Waals surface area contributed by atoms with E-state index in [-0.39, 0.29) is 41.3 Å². The van der Waals surface area contributed by atoms with E-state index in [0.717, 1.165) is 32.6 Å². The van der Waals surface area contributed by atoms with Gasteiger partial charge in [0.25, 0.3) is 0 Å². The Hall–Kier alpha value is -4.02. The Bertz CT molecular complexity index is 1580. The van der Waals surface area contributed by atoms with Gasteiger partial charge in [-0.2, -0.15) is 5.26 Å². The molecule has 244 valence electrons. The summed E-state index contributed by atoms with van der Waals surface area (Å²) >= 11 is 7.77. The van der Waals surface area contributed by atoms with Crippen molar-refractivity contribution in [1.29, 1.82) is 5.26 Å². The van der Waals surface area contributed by atoms with Gasteiger partial charge in [-0.3, -0.25) is 9.69 Å². The number of carbonyl (C=O) groups excluding carboxylic acids is 2. The number of pyridine rings is 1. The maximum Gasteiger partial charge on any atom is 0.327 e. The lowest BCUT2D eigenvalue weighted by atomic mass is 10.1. The van der Waals surface area contributed by atoms with Crippen molar-refractivity contribution in [1.82, 2.24) is 20.1 Å². The number of nitrogens with one attached hydrogen (secondary N) is 2. The Labute approximate surface area is 279 Å². The summed E-state index contributed by atoms with van der Waals surface area (Å²) in [7, 11) is 4.17. The monoisotopic (exact) mass is 665 g/mol. The minimum atomic E-state index is -0.473. The van der Waals surface area contributed by atoms with Crippen molar-refractivity contribution < 1.29 is 19.1 Å². The summed E-state index contributed by atoms with van der Waals surface area (Å²) in [4.78, 5) is 36.5. The minimum absolute atomic E-state index is 0.0140. The molecule has 0 saturated carbocycles. The van der Waals surface area contributed by atoms with Gasteiger partial charge in [-0.15, -0.1) is 0 Å². The molecule has 3 heterocycles. The molecule has 5 rings (SSSR count). The van der Waals surface area contributed by atoms with Crippen LogP contribution in [0.15, 0.2) is 47.6 Å². The summed E-state index contributed by atoms with van der Waals surface area (Å²) in [5.74, 6) is 0.637. The number of amides is 3. The van der Waals surface area contributed by atoms with Gasteiger partial charge in [0.05, 0.1) is 22.0 Å². The highest BCUT2D eigenvalue weighted by molar-refractivity contribution is 8.00. The van der Waals surface area contributed by atoms with Crippen molar-refractivity contribution >= 4 is 52.4 Å². The Kier molecular flexibility index (Phi) is 12.5. The molecule has 2 aromatic carbocycles. The van der Waals surface area contributed by atoms with Crippen LogP contribution >= 0.6 is 23.4 Å². The molecule has 0 radical (unpaired) electrons. The highest BCUT2D eigenvalue weighted by Gasteiger charge is 2.36. The minimum Gasteiger partial charge on any atom is -0.454 e. The Morgan fingerprint density at radius 1 is 1.13 bits per heavy atom. The van der Waals surface area contributed by atoms with E-state index >= 15 is 0 Å². The van der Waals surface area contributed by atoms with Crippen LogP contribution in [-0.4, -0.2) is 79.5 Å². The number of anilines is 3. The Balaban J connectivity index is 0.00000235. The molecule has 2 N–H and O–H groups in total. The fourth-order valence-corrected chi connectivity index (χ4v) is 6.03. The molecule has 0 fully saturated rings. The van der Waals surface area contributed by atoms with Gasteiger partial charge in [-0.05, 0) is 56.9 Å². The predicted octanol–water partition coefficient (Wildman–Crippen LogP) is 5.88. The number of ether oxygens (including phenoxy) is 2. The number of hydrogen-bond donors (Lipinski definition) is 2. The SMILES string of the molecule is CC.CCN(CCc1ccc(NC(=O)CSc2ncc(C#N)c3c2CNC(=O)N3c2c(Cl)ccc3c2OCO3)cc1)CCN(C)C. The maximum absolute atomic E-state index is 13.2. The number of likely N-dealkylation sites (N-methyl/N-ethyl adjacent to an activating group) is 2. The Morgan fingerprint density at radius 3 is 2.59 bits per heavy atom. The van der Waals surface area contributed by atoms with Crippen LogP contribution in [0.25, 0.3) is 0 Å². The van der Waals surface area contributed by atoms with E-state index in [4.69, 9.17) is 21.1 Å². The largest absolute Gasteiger partial charge is 0.454 e. The van der Waals surface area contributed by atoms with Gasteiger partial charge < -0.3 is 29.9 Å². The van der Waals surface area contributed by atoms with Crippen LogP contribution in [0.2, 0.25) is 5.02 Å². The molecular formula is C33H40ClN7O4S. The number of hydrogen-bond acceptors (Lipinski definition) is 9. The summed E-state index contributed by atoms with van der Waals surface area (Å²) in [6.45, 7) is 10.3. The highest BCUT2D eigenvalue weighted by atomic mass is 35.5. The molecule has 2 aliphatic rings. The van der Waals surface area contributed by atoms with Crippen molar-refractivity contribution in [3.63, 3.8) is 0 Å². The molecule has 0 spiro atoms. The highest BCUT2D eigenvalue weighted by Crippen LogP contribution is 2.50. The third kappa shape index (κ3) is 8.22. The standard InChI is InChI=1S/C31H34ClN7O4S.C2H6/c1-4-38(14-13-37(2)3)12-11-20-5-7-22(8-6-20)36-26(40)18-44-30-23-17-35-31(41)39(27(23)21(15-33)16-34-30)28-24(32)9-10-25-29(28)43-19-42-25;1-2/h5-10,16H,4,11-14,17-19H2,1-3H3,(H,35,41)(H,36,40);1-2H3. The summed E-state index contributed by atoms with van der Waals surface area (Å²) in [5.41, 5.74) is 3.33. The number of carbonyl (C=O) groups is 2. The molecule has 0 unspecified atom stereocenters. The molecule has 0 aliphatic carbocycles. The number of benzene rings is 2. The summed E-state index contributed by atoms with van der Waals surface area (Å²) in [6.07, 6.45) is 2.34. The lowest BCUT2D eigenvalue weighted by Crippen LogP contribution is -2.42. The maximum atomic E-state index is 13.2. The summed E-state index contributed by atoms with van der Waals surface area (Å²) in [6, 6.07) is 12.8. The lowest BCUT2D eigenvalue weighted by molar-refractivity contribution is -0.113. The van der Waals surface area contributed by atoms with Crippen LogP contribution in [0.4, 0.5) is 21.9 Å².